The van der Waals surface area contributed by atoms with Crippen molar-refractivity contribution in [3.05, 3.63) is 35.1 Å². The van der Waals surface area contributed by atoms with Crippen molar-refractivity contribution >= 4 is 5.91 Å². The molecule has 0 unspecified atom stereocenters. The van der Waals surface area contributed by atoms with Gasteiger partial charge in [-0.2, -0.15) is 5.26 Å². The molecule has 0 radical (unpaired) electrons. The fourth-order valence-corrected chi connectivity index (χ4v) is 4.34. The SMILES string of the molecule is CNC(=O)[C@H]1CCC[C@@]12CCN(Cc1ccc(F)c(C#N)c1)C2. The third-order valence-electron chi connectivity index (χ3n) is 5.49. The van der Waals surface area contributed by atoms with Gasteiger partial charge in [0.05, 0.1) is 5.56 Å². The van der Waals surface area contributed by atoms with Crippen LogP contribution in [-0.2, 0) is 11.3 Å². The van der Waals surface area contributed by atoms with Gasteiger partial charge in [-0.3, -0.25) is 9.69 Å². The molecular formula is C18H22FN3O. The van der Waals surface area contributed by atoms with E-state index in [1.54, 1.807) is 19.2 Å². The molecule has 1 saturated carbocycles. The lowest BCUT2D eigenvalue weighted by atomic mass is 9.76. The van der Waals surface area contributed by atoms with Crippen molar-refractivity contribution in [2.75, 3.05) is 20.1 Å². The number of nitriles is 1. The molecule has 0 aromatic heterocycles. The third kappa shape index (κ3) is 2.96. The molecule has 1 aliphatic carbocycles. The Morgan fingerprint density at radius 2 is 2.35 bits per heavy atom. The van der Waals surface area contributed by atoms with Crippen LogP contribution >= 0.6 is 0 Å². The summed E-state index contributed by atoms with van der Waals surface area (Å²) in [5, 5.41) is 11.8. The van der Waals surface area contributed by atoms with E-state index in [1.165, 1.54) is 6.07 Å². The first kappa shape index (κ1) is 15.9. The Hall–Kier alpha value is -1.93. The van der Waals surface area contributed by atoms with Crippen molar-refractivity contribution in [2.45, 2.75) is 32.2 Å². The number of halogens is 1. The summed E-state index contributed by atoms with van der Waals surface area (Å²) >= 11 is 0. The molecule has 1 heterocycles. The van der Waals surface area contributed by atoms with E-state index < -0.39 is 5.82 Å². The number of likely N-dealkylation sites (tertiary alicyclic amines) is 1. The summed E-state index contributed by atoms with van der Waals surface area (Å²) in [6.45, 7) is 2.56. The van der Waals surface area contributed by atoms with Crippen LogP contribution in [0.5, 0.6) is 0 Å². The van der Waals surface area contributed by atoms with E-state index in [-0.39, 0.29) is 22.8 Å². The fourth-order valence-electron chi connectivity index (χ4n) is 4.34. The molecule has 1 aliphatic heterocycles. The van der Waals surface area contributed by atoms with Crippen LogP contribution in [0.2, 0.25) is 0 Å². The maximum atomic E-state index is 13.4. The van der Waals surface area contributed by atoms with Gasteiger partial charge in [-0.15, -0.1) is 0 Å². The quantitative estimate of drug-likeness (QED) is 0.932. The number of nitrogens with zero attached hydrogens (tertiary/aromatic N) is 2. The van der Waals surface area contributed by atoms with Crippen molar-refractivity contribution in [3.8, 4) is 6.07 Å². The minimum Gasteiger partial charge on any atom is -0.359 e. The summed E-state index contributed by atoms with van der Waals surface area (Å²) < 4.78 is 13.4. The van der Waals surface area contributed by atoms with Gasteiger partial charge in [0, 0.05) is 26.1 Å². The highest BCUT2D eigenvalue weighted by Gasteiger charge is 2.49. The molecule has 1 N–H and O–H groups in total. The Bertz CT molecular complexity index is 654. The summed E-state index contributed by atoms with van der Waals surface area (Å²) in [5.74, 6) is -0.192. The summed E-state index contributed by atoms with van der Waals surface area (Å²) in [6.07, 6.45) is 4.23. The minimum atomic E-state index is -0.468. The highest BCUT2D eigenvalue weighted by molar-refractivity contribution is 5.79. The zero-order chi connectivity index (χ0) is 16.4. The first-order chi connectivity index (χ1) is 11.1. The first-order valence-corrected chi connectivity index (χ1v) is 8.20. The molecule has 122 valence electrons. The van der Waals surface area contributed by atoms with Crippen LogP contribution in [0.15, 0.2) is 18.2 Å². The zero-order valence-electron chi connectivity index (χ0n) is 13.4. The zero-order valence-corrected chi connectivity index (χ0v) is 13.4. The van der Waals surface area contributed by atoms with Crippen LogP contribution in [0.25, 0.3) is 0 Å². The first-order valence-electron chi connectivity index (χ1n) is 8.20. The van der Waals surface area contributed by atoms with Crippen molar-refractivity contribution < 1.29 is 9.18 Å². The second-order valence-corrected chi connectivity index (χ2v) is 6.81. The van der Waals surface area contributed by atoms with Gasteiger partial charge >= 0.3 is 0 Å². The van der Waals surface area contributed by atoms with Crippen LogP contribution in [0.3, 0.4) is 0 Å². The Kier molecular flexibility index (Phi) is 4.36. The molecule has 1 saturated heterocycles. The van der Waals surface area contributed by atoms with Gasteiger partial charge in [-0.1, -0.05) is 12.5 Å². The highest BCUT2D eigenvalue weighted by atomic mass is 19.1. The summed E-state index contributed by atoms with van der Waals surface area (Å²) in [6, 6.07) is 6.63. The molecule has 0 bridgehead atoms. The average Bonchev–Trinajstić information content (AvgIpc) is 3.16. The number of hydrogen-bond donors (Lipinski definition) is 1. The Morgan fingerprint density at radius 3 is 3.09 bits per heavy atom. The lowest BCUT2D eigenvalue weighted by molar-refractivity contribution is -0.127. The van der Waals surface area contributed by atoms with Gasteiger partial charge < -0.3 is 5.32 Å². The number of carbonyl (C=O) groups excluding carboxylic acids is 1. The second-order valence-electron chi connectivity index (χ2n) is 6.81. The summed E-state index contributed by atoms with van der Waals surface area (Å²) in [4.78, 5) is 14.5. The highest BCUT2D eigenvalue weighted by Crippen LogP contribution is 2.50. The fraction of sp³-hybridized carbons (Fsp3) is 0.556. The van der Waals surface area contributed by atoms with Gasteiger partial charge in [-0.05, 0) is 48.9 Å². The Morgan fingerprint density at radius 1 is 1.52 bits per heavy atom. The smallest absolute Gasteiger partial charge is 0.223 e. The number of benzene rings is 1. The molecule has 3 rings (SSSR count). The Balaban J connectivity index is 1.71. The maximum Gasteiger partial charge on any atom is 0.223 e. The molecule has 2 aliphatic rings. The van der Waals surface area contributed by atoms with E-state index in [4.69, 9.17) is 5.26 Å². The summed E-state index contributed by atoms with van der Waals surface area (Å²) in [5.41, 5.74) is 1.15. The molecule has 1 aromatic rings. The van der Waals surface area contributed by atoms with Gasteiger partial charge in [0.2, 0.25) is 5.91 Å². The number of nitrogens with one attached hydrogen (secondary N) is 1. The average molecular weight is 315 g/mol. The van der Waals surface area contributed by atoms with E-state index in [9.17, 15) is 9.18 Å². The molecule has 4 nitrogen and oxygen atoms in total. The molecule has 23 heavy (non-hydrogen) atoms. The van der Waals surface area contributed by atoms with Gasteiger partial charge in [0.15, 0.2) is 0 Å². The number of rotatable bonds is 3. The molecule has 5 heteroatoms. The molecule has 1 amide bonds. The van der Waals surface area contributed by atoms with Crippen LogP contribution in [0.1, 0.15) is 36.8 Å². The predicted molar refractivity (Wildman–Crippen MR) is 84.8 cm³/mol. The van der Waals surface area contributed by atoms with E-state index in [0.29, 0.717) is 6.54 Å². The standard InChI is InChI=1S/C18H22FN3O/c1-21-17(23)15-3-2-6-18(15)7-8-22(12-18)11-13-4-5-16(19)14(9-13)10-20/h4-5,9,15H,2-3,6-8,11-12H2,1H3,(H,21,23)/t15-,18+/m1/s1. The normalized spacial score (nSPS) is 27.3. The van der Waals surface area contributed by atoms with Gasteiger partial charge in [-0.25, -0.2) is 4.39 Å². The monoisotopic (exact) mass is 315 g/mol. The lowest BCUT2D eigenvalue weighted by Gasteiger charge is -2.30. The maximum absolute atomic E-state index is 13.4. The summed E-state index contributed by atoms with van der Waals surface area (Å²) in [7, 11) is 1.71. The van der Waals surface area contributed by atoms with Crippen LogP contribution in [0, 0.1) is 28.5 Å². The van der Waals surface area contributed by atoms with Crippen molar-refractivity contribution in [3.63, 3.8) is 0 Å². The molecular weight excluding hydrogens is 293 g/mol. The van der Waals surface area contributed by atoms with E-state index in [1.807, 2.05) is 6.07 Å². The molecule has 2 fully saturated rings. The number of amides is 1. The van der Waals surface area contributed by atoms with Crippen LogP contribution in [0.4, 0.5) is 4.39 Å². The number of carbonyl (C=O) groups is 1. The molecule has 1 spiro atoms. The Labute approximate surface area is 136 Å². The van der Waals surface area contributed by atoms with E-state index in [2.05, 4.69) is 10.2 Å². The van der Waals surface area contributed by atoms with Crippen LogP contribution < -0.4 is 5.32 Å². The largest absolute Gasteiger partial charge is 0.359 e. The minimum absolute atomic E-state index is 0.0954. The van der Waals surface area contributed by atoms with E-state index in [0.717, 1.165) is 44.3 Å². The number of hydrogen-bond acceptors (Lipinski definition) is 3. The van der Waals surface area contributed by atoms with Crippen molar-refractivity contribution in [1.29, 1.82) is 5.26 Å². The van der Waals surface area contributed by atoms with Crippen LogP contribution in [-0.4, -0.2) is 30.9 Å². The molecule has 1 aromatic carbocycles. The molecule has 2 atom stereocenters. The van der Waals surface area contributed by atoms with E-state index >= 15 is 0 Å². The topological polar surface area (TPSA) is 56.1 Å². The third-order valence-corrected chi connectivity index (χ3v) is 5.49. The van der Waals surface area contributed by atoms with Crippen molar-refractivity contribution in [1.82, 2.24) is 10.2 Å². The van der Waals surface area contributed by atoms with Gasteiger partial charge in [0.1, 0.15) is 11.9 Å². The van der Waals surface area contributed by atoms with Crippen molar-refractivity contribution in [2.24, 2.45) is 11.3 Å². The predicted octanol–water partition coefficient (Wildman–Crippen LogP) is 2.44. The van der Waals surface area contributed by atoms with Gasteiger partial charge in [0.25, 0.3) is 0 Å². The lowest BCUT2D eigenvalue weighted by Crippen LogP contribution is -2.39. The second kappa shape index (κ2) is 6.29.